The fraction of sp³-hybridized carbons (Fsp3) is 0.316. The van der Waals surface area contributed by atoms with Gasteiger partial charge in [0, 0.05) is 30.5 Å². The molecule has 1 heterocycles. The number of nitrogens with one attached hydrogen (secondary N) is 3. The lowest BCUT2D eigenvalue weighted by Gasteiger charge is -2.14. The lowest BCUT2D eigenvalue weighted by atomic mass is 10.1. The lowest BCUT2D eigenvalue weighted by molar-refractivity contribution is 0.0940. The Balaban J connectivity index is 1.88. The number of hydrogen-bond donors (Lipinski definition) is 3. The van der Waals surface area contributed by atoms with E-state index in [1.807, 2.05) is 45.0 Å². The maximum atomic E-state index is 12.3. The van der Waals surface area contributed by atoms with Crippen LogP contribution in [0.4, 0.5) is 4.79 Å². The van der Waals surface area contributed by atoms with Crippen LogP contribution in [0.1, 0.15) is 48.3 Å². The normalized spacial score (nSPS) is 11.7. The van der Waals surface area contributed by atoms with Crippen LogP contribution >= 0.6 is 0 Å². The SMILES string of the molecule is CC(C)NC(=O)NCc1ccc(C(=O)NC(C)c2ccncc2)cc1. The molecular formula is C19H24N4O2. The van der Waals surface area contributed by atoms with Crippen LogP contribution in [0.5, 0.6) is 0 Å². The zero-order valence-electron chi connectivity index (χ0n) is 14.7. The summed E-state index contributed by atoms with van der Waals surface area (Å²) in [4.78, 5) is 27.9. The van der Waals surface area contributed by atoms with Crippen LogP contribution in [-0.2, 0) is 6.54 Å². The van der Waals surface area contributed by atoms with Crippen LogP contribution in [0.25, 0.3) is 0 Å². The van der Waals surface area contributed by atoms with E-state index >= 15 is 0 Å². The molecule has 3 N–H and O–H groups in total. The highest BCUT2D eigenvalue weighted by Crippen LogP contribution is 2.12. The molecule has 0 saturated heterocycles. The number of nitrogens with zero attached hydrogens (tertiary/aromatic N) is 1. The fourth-order valence-corrected chi connectivity index (χ4v) is 2.28. The van der Waals surface area contributed by atoms with Crippen LogP contribution in [0, 0.1) is 0 Å². The predicted octanol–water partition coefficient (Wildman–Crippen LogP) is 2.78. The van der Waals surface area contributed by atoms with E-state index in [1.54, 1.807) is 24.5 Å². The lowest BCUT2D eigenvalue weighted by Crippen LogP contribution is -2.39. The Labute approximate surface area is 148 Å². The maximum absolute atomic E-state index is 12.3. The number of benzene rings is 1. The number of hydrogen-bond acceptors (Lipinski definition) is 3. The summed E-state index contributed by atoms with van der Waals surface area (Å²) in [6.07, 6.45) is 3.41. The quantitative estimate of drug-likeness (QED) is 0.756. The van der Waals surface area contributed by atoms with E-state index in [1.165, 1.54) is 0 Å². The molecule has 0 spiro atoms. The first kappa shape index (κ1) is 18.4. The van der Waals surface area contributed by atoms with Crippen LogP contribution in [0.3, 0.4) is 0 Å². The summed E-state index contributed by atoms with van der Waals surface area (Å²) in [6, 6.07) is 10.7. The molecular weight excluding hydrogens is 316 g/mol. The summed E-state index contributed by atoms with van der Waals surface area (Å²) in [5.74, 6) is -0.138. The molecule has 0 aliphatic rings. The molecule has 0 radical (unpaired) electrons. The third kappa shape index (κ3) is 5.91. The molecule has 132 valence electrons. The topological polar surface area (TPSA) is 83.1 Å². The molecule has 6 nitrogen and oxygen atoms in total. The molecule has 0 aliphatic heterocycles. The number of aromatic nitrogens is 1. The smallest absolute Gasteiger partial charge is 0.315 e. The highest BCUT2D eigenvalue weighted by molar-refractivity contribution is 5.94. The van der Waals surface area contributed by atoms with Crippen LogP contribution in [-0.4, -0.2) is 23.0 Å². The molecule has 1 aromatic carbocycles. The first-order valence-electron chi connectivity index (χ1n) is 8.30. The van der Waals surface area contributed by atoms with Crippen molar-refractivity contribution in [1.29, 1.82) is 0 Å². The minimum atomic E-state index is -0.206. The van der Waals surface area contributed by atoms with E-state index in [2.05, 4.69) is 20.9 Å². The fourth-order valence-electron chi connectivity index (χ4n) is 2.28. The first-order valence-corrected chi connectivity index (χ1v) is 8.30. The van der Waals surface area contributed by atoms with Crippen molar-refractivity contribution in [3.05, 3.63) is 65.5 Å². The Morgan fingerprint density at radius 3 is 2.20 bits per heavy atom. The predicted molar refractivity (Wildman–Crippen MR) is 97.1 cm³/mol. The molecule has 1 atom stereocenters. The molecule has 0 fully saturated rings. The van der Waals surface area contributed by atoms with Gasteiger partial charge in [-0.15, -0.1) is 0 Å². The van der Waals surface area contributed by atoms with Gasteiger partial charge in [0.2, 0.25) is 0 Å². The third-order valence-corrected chi connectivity index (χ3v) is 3.64. The Morgan fingerprint density at radius 2 is 1.60 bits per heavy atom. The van der Waals surface area contributed by atoms with Crippen molar-refractivity contribution in [3.63, 3.8) is 0 Å². The Morgan fingerprint density at radius 1 is 0.960 bits per heavy atom. The second kappa shape index (κ2) is 8.82. The number of rotatable bonds is 6. The Hall–Kier alpha value is -2.89. The summed E-state index contributed by atoms with van der Waals surface area (Å²) in [7, 11) is 0. The second-order valence-corrected chi connectivity index (χ2v) is 6.15. The van der Waals surface area contributed by atoms with Gasteiger partial charge in [-0.2, -0.15) is 0 Å². The van der Waals surface area contributed by atoms with Crippen LogP contribution in [0.15, 0.2) is 48.8 Å². The summed E-state index contributed by atoms with van der Waals surface area (Å²) < 4.78 is 0. The molecule has 3 amide bonds. The molecule has 1 unspecified atom stereocenters. The first-order chi connectivity index (χ1) is 12.0. The van der Waals surface area contributed by atoms with Crippen molar-refractivity contribution in [1.82, 2.24) is 20.9 Å². The van der Waals surface area contributed by atoms with Gasteiger partial charge in [-0.3, -0.25) is 9.78 Å². The summed E-state index contributed by atoms with van der Waals surface area (Å²) in [5, 5.41) is 8.49. The van der Waals surface area contributed by atoms with E-state index < -0.39 is 0 Å². The minimum absolute atomic E-state index is 0.0912. The van der Waals surface area contributed by atoms with Crippen LogP contribution < -0.4 is 16.0 Å². The minimum Gasteiger partial charge on any atom is -0.346 e. The van der Waals surface area contributed by atoms with Gasteiger partial charge in [0.25, 0.3) is 5.91 Å². The van der Waals surface area contributed by atoms with Crippen LogP contribution in [0.2, 0.25) is 0 Å². The van der Waals surface area contributed by atoms with Crippen molar-refractivity contribution < 1.29 is 9.59 Å². The van der Waals surface area contributed by atoms with Crippen molar-refractivity contribution in [2.75, 3.05) is 0 Å². The van der Waals surface area contributed by atoms with E-state index in [0.717, 1.165) is 11.1 Å². The maximum Gasteiger partial charge on any atom is 0.315 e. The van der Waals surface area contributed by atoms with Gasteiger partial charge in [-0.1, -0.05) is 12.1 Å². The number of amides is 3. The van der Waals surface area contributed by atoms with E-state index in [0.29, 0.717) is 12.1 Å². The number of carbonyl (C=O) groups excluding carboxylic acids is 2. The summed E-state index contributed by atoms with van der Waals surface area (Å²) in [5.41, 5.74) is 2.51. The van der Waals surface area contributed by atoms with Crippen molar-refractivity contribution in [2.24, 2.45) is 0 Å². The molecule has 2 rings (SSSR count). The highest BCUT2D eigenvalue weighted by Gasteiger charge is 2.11. The number of urea groups is 1. The zero-order chi connectivity index (χ0) is 18.2. The number of pyridine rings is 1. The van der Waals surface area contributed by atoms with Gasteiger partial charge in [0.15, 0.2) is 0 Å². The highest BCUT2D eigenvalue weighted by atomic mass is 16.2. The Kier molecular flexibility index (Phi) is 6.51. The molecule has 0 saturated carbocycles. The zero-order valence-corrected chi connectivity index (χ0v) is 14.7. The average Bonchev–Trinajstić information content (AvgIpc) is 2.60. The standard InChI is InChI=1S/C19H24N4O2/c1-13(2)22-19(25)21-12-15-4-6-17(7-5-15)18(24)23-14(3)16-8-10-20-11-9-16/h4-11,13-14H,12H2,1-3H3,(H,23,24)(H2,21,22,25). The average molecular weight is 340 g/mol. The summed E-state index contributed by atoms with van der Waals surface area (Å²) in [6.45, 7) is 6.15. The van der Waals surface area contributed by atoms with E-state index in [9.17, 15) is 9.59 Å². The monoisotopic (exact) mass is 340 g/mol. The van der Waals surface area contributed by atoms with Gasteiger partial charge < -0.3 is 16.0 Å². The van der Waals surface area contributed by atoms with E-state index in [4.69, 9.17) is 0 Å². The number of carbonyl (C=O) groups is 2. The van der Waals surface area contributed by atoms with Crippen molar-refractivity contribution in [3.8, 4) is 0 Å². The Bertz CT molecular complexity index is 699. The summed E-state index contributed by atoms with van der Waals surface area (Å²) >= 11 is 0. The second-order valence-electron chi connectivity index (χ2n) is 6.15. The van der Waals surface area contributed by atoms with E-state index in [-0.39, 0.29) is 24.0 Å². The molecule has 2 aromatic rings. The van der Waals surface area contributed by atoms with Gasteiger partial charge in [0.05, 0.1) is 6.04 Å². The van der Waals surface area contributed by atoms with Crippen molar-refractivity contribution in [2.45, 2.75) is 39.4 Å². The molecule has 6 heteroatoms. The molecule has 1 aromatic heterocycles. The molecule has 0 aliphatic carbocycles. The van der Waals surface area contributed by atoms with Gasteiger partial charge >= 0.3 is 6.03 Å². The van der Waals surface area contributed by atoms with Gasteiger partial charge in [-0.25, -0.2) is 4.79 Å². The molecule has 25 heavy (non-hydrogen) atoms. The largest absolute Gasteiger partial charge is 0.346 e. The third-order valence-electron chi connectivity index (χ3n) is 3.64. The molecule has 0 bridgehead atoms. The van der Waals surface area contributed by atoms with Crippen molar-refractivity contribution >= 4 is 11.9 Å². The van der Waals surface area contributed by atoms with Gasteiger partial charge in [0.1, 0.15) is 0 Å². The van der Waals surface area contributed by atoms with Gasteiger partial charge in [-0.05, 0) is 56.2 Å².